The Morgan fingerprint density at radius 2 is 1.84 bits per heavy atom. The summed E-state index contributed by atoms with van der Waals surface area (Å²) in [5.74, 6) is -0.467. The zero-order valence-corrected chi connectivity index (χ0v) is 12.2. The zero-order chi connectivity index (χ0) is 14.4. The molecule has 1 aliphatic rings. The fraction of sp³-hybridized carbons (Fsp3) is 0.857. The summed E-state index contributed by atoms with van der Waals surface area (Å²) in [5, 5.41) is 11.5. The highest BCUT2D eigenvalue weighted by Crippen LogP contribution is 2.24. The number of urea groups is 1. The number of nitrogens with zero attached hydrogens (tertiary/aromatic N) is 1. The van der Waals surface area contributed by atoms with Gasteiger partial charge in [0.15, 0.2) is 0 Å². The van der Waals surface area contributed by atoms with E-state index >= 15 is 0 Å². The molecule has 1 unspecified atom stereocenters. The summed E-state index contributed by atoms with van der Waals surface area (Å²) in [7, 11) is 0. The molecular formula is C14H26N2O3. The van der Waals surface area contributed by atoms with Crippen LogP contribution in [0.5, 0.6) is 0 Å². The van der Waals surface area contributed by atoms with Crippen molar-refractivity contribution in [3.8, 4) is 0 Å². The highest BCUT2D eigenvalue weighted by molar-refractivity contribution is 5.76. The standard InChI is InChI=1S/C14H26N2O3/c1-10(2)9-16(12-6-4-5-7-12)14(19)15-11(3)8-13(17)18/h10-12H,4-9H2,1-3H3,(H,15,19)(H,17,18). The number of nitrogens with one attached hydrogen (secondary N) is 1. The number of rotatable bonds is 6. The van der Waals surface area contributed by atoms with E-state index in [4.69, 9.17) is 5.11 Å². The Morgan fingerprint density at radius 1 is 1.26 bits per heavy atom. The van der Waals surface area contributed by atoms with Crippen LogP contribution in [0.25, 0.3) is 0 Å². The molecule has 0 aromatic carbocycles. The third-order valence-electron chi connectivity index (χ3n) is 3.44. The fourth-order valence-electron chi connectivity index (χ4n) is 2.61. The highest BCUT2D eigenvalue weighted by Gasteiger charge is 2.27. The summed E-state index contributed by atoms with van der Waals surface area (Å²) in [4.78, 5) is 24.8. The van der Waals surface area contributed by atoms with Crippen LogP contribution < -0.4 is 5.32 Å². The number of hydrogen-bond acceptors (Lipinski definition) is 2. The van der Waals surface area contributed by atoms with Crippen molar-refractivity contribution in [2.75, 3.05) is 6.54 Å². The van der Waals surface area contributed by atoms with Gasteiger partial charge in [0.05, 0.1) is 6.42 Å². The topological polar surface area (TPSA) is 69.6 Å². The van der Waals surface area contributed by atoms with E-state index in [2.05, 4.69) is 19.2 Å². The average Bonchev–Trinajstić information content (AvgIpc) is 2.77. The molecule has 0 aliphatic heterocycles. The molecule has 5 nitrogen and oxygen atoms in total. The van der Waals surface area contributed by atoms with Gasteiger partial charge in [-0.3, -0.25) is 4.79 Å². The first-order valence-corrected chi connectivity index (χ1v) is 7.19. The molecule has 1 rings (SSSR count). The van der Waals surface area contributed by atoms with E-state index in [9.17, 15) is 9.59 Å². The monoisotopic (exact) mass is 270 g/mol. The van der Waals surface area contributed by atoms with Gasteiger partial charge in [-0.1, -0.05) is 26.7 Å². The van der Waals surface area contributed by atoms with Crippen molar-refractivity contribution in [3.05, 3.63) is 0 Å². The number of carbonyl (C=O) groups excluding carboxylic acids is 1. The van der Waals surface area contributed by atoms with Crippen molar-refractivity contribution in [3.63, 3.8) is 0 Å². The van der Waals surface area contributed by atoms with Crippen LogP contribution in [0.4, 0.5) is 4.79 Å². The van der Waals surface area contributed by atoms with E-state index in [1.165, 1.54) is 12.8 Å². The van der Waals surface area contributed by atoms with Crippen molar-refractivity contribution in [1.82, 2.24) is 10.2 Å². The molecule has 19 heavy (non-hydrogen) atoms. The molecule has 0 radical (unpaired) electrons. The fourth-order valence-corrected chi connectivity index (χ4v) is 2.61. The Bertz CT molecular complexity index is 312. The highest BCUT2D eigenvalue weighted by atomic mass is 16.4. The number of aliphatic carboxylic acids is 1. The minimum atomic E-state index is -0.885. The maximum absolute atomic E-state index is 12.3. The summed E-state index contributed by atoms with van der Waals surface area (Å²) in [6.45, 7) is 6.65. The van der Waals surface area contributed by atoms with Crippen LogP contribution in [0.3, 0.4) is 0 Å². The summed E-state index contributed by atoms with van der Waals surface area (Å²) in [5.41, 5.74) is 0. The van der Waals surface area contributed by atoms with Crippen LogP contribution in [0.15, 0.2) is 0 Å². The van der Waals surface area contributed by atoms with Gasteiger partial charge >= 0.3 is 12.0 Å². The van der Waals surface area contributed by atoms with Crippen LogP contribution in [-0.2, 0) is 4.79 Å². The first-order valence-electron chi connectivity index (χ1n) is 7.19. The molecule has 1 atom stereocenters. The molecule has 2 amide bonds. The molecular weight excluding hydrogens is 244 g/mol. The molecule has 1 saturated carbocycles. The van der Waals surface area contributed by atoms with Gasteiger partial charge in [-0.05, 0) is 25.7 Å². The molecule has 0 bridgehead atoms. The van der Waals surface area contributed by atoms with Gasteiger partial charge in [-0.25, -0.2) is 4.79 Å². The molecule has 110 valence electrons. The maximum Gasteiger partial charge on any atom is 0.317 e. The lowest BCUT2D eigenvalue weighted by Crippen LogP contribution is -2.49. The summed E-state index contributed by atoms with van der Waals surface area (Å²) >= 11 is 0. The lowest BCUT2D eigenvalue weighted by Gasteiger charge is -2.31. The summed E-state index contributed by atoms with van der Waals surface area (Å²) in [6, 6.07) is -0.130. The largest absolute Gasteiger partial charge is 0.481 e. The smallest absolute Gasteiger partial charge is 0.317 e. The molecule has 0 spiro atoms. The number of carbonyl (C=O) groups is 2. The number of amides is 2. The minimum Gasteiger partial charge on any atom is -0.481 e. The Balaban J connectivity index is 2.57. The molecule has 1 aliphatic carbocycles. The zero-order valence-electron chi connectivity index (χ0n) is 12.2. The molecule has 1 fully saturated rings. The van der Waals surface area contributed by atoms with Crippen molar-refractivity contribution in [2.24, 2.45) is 5.92 Å². The van der Waals surface area contributed by atoms with Crippen molar-refractivity contribution < 1.29 is 14.7 Å². The van der Waals surface area contributed by atoms with E-state index in [-0.39, 0.29) is 18.5 Å². The van der Waals surface area contributed by atoms with Crippen LogP contribution in [0.2, 0.25) is 0 Å². The third-order valence-corrected chi connectivity index (χ3v) is 3.44. The Labute approximate surface area is 115 Å². The Morgan fingerprint density at radius 3 is 2.32 bits per heavy atom. The molecule has 0 aromatic heterocycles. The lowest BCUT2D eigenvalue weighted by atomic mass is 10.1. The SMILES string of the molecule is CC(C)CN(C(=O)NC(C)CC(=O)O)C1CCCC1. The first-order chi connectivity index (χ1) is 8.90. The van der Waals surface area contributed by atoms with Gasteiger partial charge in [0.1, 0.15) is 0 Å². The average molecular weight is 270 g/mol. The first kappa shape index (κ1) is 15.8. The molecule has 0 saturated heterocycles. The van der Waals surface area contributed by atoms with Crippen molar-refractivity contribution in [1.29, 1.82) is 0 Å². The minimum absolute atomic E-state index is 0.0358. The van der Waals surface area contributed by atoms with E-state index in [0.717, 1.165) is 19.4 Å². The second-order valence-corrected chi connectivity index (χ2v) is 5.93. The van der Waals surface area contributed by atoms with Gasteiger partial charge in [-0.15, -0.1) is 0 Å². The van der Waals surface area contributed by atoms with E-state index in [1.807, 2.05) is 4.90 Å². The second kappa shape index (κ2) is 7.36. The van der Waals surface area contributed by atoms with Crippen molar-refractivity contribution in [2.45, 2.75) is 65.0 Å². The molecule has 5 heteroatoms. The van der Waals surface area contributed by atoms with E-state index in [0.29, 0.717) is 12.0 Å². The quantitative estimate of drug-likeness (QED) is 0.779. The van der Waals surface area contributed by atoms with Crippen LogP contribution in [0, 0.1) is 5.92 Å². The van der Waals surface area contributed by atoms with Crippen LogP contribution in [-0.4, -0.2) is 40.6 Å². The van der Waals surface area contributed by atoms with Gasteiger partial charge in [-0.2, -0.15) is 0 Å². The summed E-state index contributed by atoms with van der Waals surface area (Å²) < 4.78 is 0. The van der Waals surface area contributed by atoms with Crippen LogP contribution >= 0.6 is 0 Å². The van der Waals surface area contributed by atoms with Gasteiger partial charge < -0.3 is 15.3 Å². The summed E-state index contributed by atoms with van der Waals surface area (Å²) in [6.07, 6.45) is 4.45. The predicted octanol–water partition coefficient (Wildman–Crippen LogP) is 2.46. The molecule has 0 aromatic rings. The normalized spacial score (nSPS) is 17.5. The van der Waals surface area contributed by atoms with Gasteiger partial charge in [0.2, 0.25) is 0 Å². The van der Waals surface area contributed by atoms with E-state index in [1.54, 1.807) is 6.92 Å². The lowest BCUT2D eigenvalue weighted by molar-refractivity contribution is -0.137. The number of carboxylic acid groups (broad SMARTS) is 1. The van der Waals surface area contributed by atoms with Crippen LogP contribution in [0.1, 0.15) is 52.9 Å². The second-order valence-electron chi connectivity index (χ2n) is 5.93. The number of hydrogen-bond donors (Lipinski definition) is 2. The third kappa shape index (κ3) is 5.49. The molecule has 2 N–H and O–H groups in total. The number of carboxylic acids is 1. The molecule has 0 heterocycles. The predicted molar refractivity (Wildman–Crippen MR) is 74.0 cm³/mol. The van der Waals surface area contributed by atoms with E-state index < -0.39 is 5.97 Å². The maximum atomic E-state index is 12.3. The van der Waals surface area contributed by atoms with Crippen molar-refractivity contribution >= 4 is 12.0 Å². The Hall–Kier alpha value is -1.26. The van der Waals surface area contributed by atoms with Gasteiger partial charge in [0, 0.05) is 18.6 Å². The van der Waals surface area contributed by atoms with Gasteiger partial charge in [0.25, 0.3) is 0 Å². The Kier molecular flexibility index (Phi) is 6.12.